The molecule has 0 amide bonds. The van der Waals surface area contributed by atoms with Crippen molar-refractivity contribution in [3.63, 3.8) is 0 Å². The molecule has 4 nitrogen and oxygen atoms in total. The fraction of sp³-hybridized carbons (Fsp3) is 0.333. The highest BCUT2D eigenvalue weighted by atomic mass is 35.5. The molecule has 3 rings (SSSR count). The van der Waals surface area contributed by atoms with Gasteiger partial charge in [0.1, 0.15) is 5.75 Å². The molecule has 0 aliphatic heterocycles. The van der Waals surface area contributed by atoms with Gasteiger partial charge in [-0.2, -0.15) is 0 Å². The highest BCUT2D eigenvalue weighted by molar-refractivity contribution is 7.98. The first-order chi connectivity index (χ1) is 14.7. The molecule has 0 saturated heterocycles. The summed E-state index contributed by atoms with van der Waals surface area (Å²) in [5, 5.41) is 10.7. The van der Waals surface area contributed by atoms with Gasteiger partial charge in [0.25, 0.3) is 0 Å². The van der Waals surface area contributed by atoms with Crippen molar-refractivity contribution in [2.24, 2.45) is 0 Å². The third kappa shape index (κ3) is 6.06. The van der Waals surface area contributed by atoms with E-state index < -0.39 is 0 Å². The Hall–Kier alpha value is -1.95. The number of benzene rings is 2. The first-order valence-electron chi connectivity index (χ1n) is 10.1. The average molecular weight is 476 g/mol. The highest BCUT2D eigenvalue weighted by Crippen LogP contribution is 2.30. The van der Waals surface area contributed by atoms with Crippen LogP contribution < -0.4 is 4.74 Å². The van der Waals surface area contributed by atoms with Crippen molar-refractivity contribution in [1.29, 1.82) is 0 Å². The van der Waals surface area contributed by atoms with Crippen molar-refractivity contribution in [2.45, 2.75) is 56.7 Å². The van der Waals surface area contributed by atoms with Crippen molar-refractivity contribution in [3.05, 3.63) is 82.1 Å². The monoisotopic (exact) mass is 475 g/mol. The topological polar surface area (TPSA) is 39.9 Å². The molecule has 0 bridgehead atoms. The van der Waals surface area contributed by atoms with Crippen LogP contribution in [-0.4, -0.2) is 14.8 Å². The Kier molecular flexibility index (Phi) is 7.73. The summed E-state index contributed by atoms with van der Waals surface area (Å²) in [6.45, 7) is 13.0. The largest absolute Gasteiger partial charge is 0.483 e. The van der Waals surface area contributed by atoms with Crippen LogP contribution in [0.15, 0.2) is 60.3 Å². The van der Waals surface area contributed by atoms with E-state index in [0.29, 0.717) is 22.3 Å². The Balaban J connectivity index is 1.74. The van der Waals surface area contributed by atoms with Crippen molar-refractivity contribution in [2.75, 3.05) is 0 Å². The van der Waals surface area contributed by atoms with Crippen LogP contribution >= 0.6 is 35.0 Å². The van der Waals surface area contributed by atoms with E-state index in [2.05, 4.69) is 49.7 Å². The molecule has 0 spiro atoms. The minimum atomic E-state index is -0.257. The summed E-state index contributed by atoms with van der Waals surface area (Å²) in [7, 11) is 0. The molecule has 1 aromatic heterocycles. The second-order valence-corrected chi connectivity index (χ2v) is 10.1. The summed E-state index contributed by atoms with van der Waals surface area (Å²) in [4.78, 5) is 0. The van der Waals surface area contributed by atoms with Gasteiger partial charge in [0.15, 0.2) is 17.1 Å². The lowest BCUT2D eigenvalue weighted by Gasteiger charge is -2.20. The van der Waals surface area contributed by atoms with Gasteiger partial charge in [0.2, 0.25) is 0 Å². The van der Waals surface area contributed by atoms with Gasteiger partial charge in [-0.15, -0.1) is 16.8 Å². The second kappa shape index (κ2) is 10.1. The maximum Gasteiger partial charge on any atom is 0.191 e. The molecule has 2 aromatic carbocycles. The van der Waals surface area contributed by atoms with Crippen LogP contribution in [0.5, 0.6) is 5.75 Å². The number of hydrogen-bond acceptors (Lipinski definition) is 4. The van der Waals surface area contributed by atoms with E-state index in [1.165, 1.54) is 5.56 Å². The summed E-state index contributed by atoms with van der Waals surface area (Å²) in [6.07, 6.45) is 1.58. The van der Waals surface area contributed by atoms with E-state index in [4.69, 9.17) is 27.9 Å². The molecule has 0 aliphatic rings. The Morgan fingerprint density at radius 1 is 1.10 bits per heavy atom. The predicted octanol–water partition coefficient (Wildman–Crippen LogP) is 7.50. The molecule has 0 radical (unpaired) electrons. The number of hydrogen-bond donors (Lipinski definition) is 0. The molecule has 3 aromatic rings. The Morgan fingerprint density at radius 3 is 2.42 bits per heavy atom. The van der Waals surface area contributed by atoms with E-state index in [0.717, 1.165) is 22.3 Å². The van der Waals surface area contributed by atoms with Gasteiger partial charge in [-0.3, -0.25) is 4.57 Å². The lowest BCUT2D eigenvalue weighted by molar-refractivity contribution is 0.210. The third-order valence-electron chi connectivity index (χ3n) is 4.81. The van der Waals surface area contributed by atoms with Crippen LogP contribution in [-0.2, 0) is 17.7 Å². The van der Waals surface area contributed by atoms with Crippen molar-refractivity contribution in [1.82, 2.24) is 14.8 Å². The van der Waals surface area contributed by atoms with Crippen LogP contribution in [0, 0.1) is 0 Å². The SMILES string of the molecule is C=CCn1c(SCc2ccc(Cl)c(Cl)c2)nnc1C(C)Oc1ccc(C(C)(C)C)cc1. The van der Waals surface area contributed by atoms with Gasteiger partial charge in [-0.05, 0) is 47.7 Å². The molecule has 31 heavy (non-hydrogen) atoms. The number of thioether (sulfide) groups is 1. The van der Waals surface area contributed by atoms with E-state index in [1.807, 2.05) is 41.8 Å². The standard InChI is InChI=1S/C24H27Cl2N3OS/c1-6-13-29-22(16(2)30-19-10-8-18(9-11-19)24(3,4)5)27-28-23(29)31-15-17-7-12-20(25)21(26)14-17/h6-12,14,16H,1,13,15H2,2-5H3. The zero-order valence-electron chi connectivity index (χ0n) is 18.2. The summed E-state index contributed by atoms with van der Waals surface area (Å²) in [5.74, 6) is 2.27. The predicted molar refractivity (Wildman–Crippen MR) is 130 cm³/mol. The first-order valence-corrected chi connectivity index (χ1v) is 11.8. The average Bonchev–Trinajstić information content (AvgIpc) is 3.12. The zero-order valence-corrected chi connectivity index (χ0v) is 20.6. The van der Waals surface area contributed by atoms with E-state index in [-0.39, 0.29) is 11.5 Å². The minimum absolute atomic E-state index is 0.106. The molecular formula is C24H27Cl2N3OS. The smallest absolute Gasteiger partial charge is 0.191 e. The number of nitrogens with zero attached hydrogens (tertiary/aromatic N) is 3. The number of ether oxygens (including phenoxy) is 1. The first kappa shape index (κ1) is 23.7. The molecule has 1 unspecified atom stereocenters. The quantitative estimate of drug-likeness (QED) is 0.249. The van der Waals surface area contributed by atoms with Crippen LogP contribution in [0.3, 0.4) is 0 Å². The molecule has 1 heterocycles. The second-order valence-electron chi connectivity index (χ2n) is 8.31. The van der Waals surface area contributed by atoms with Gasteiger partial charge >= 0.3 is 0 Å². The highest BCUT2D eigenvalue weighted by Gasteiger charge is 2.20. The van der Waals surface area contributed by atoms with Crippen LogP contribution in [0.2, 0.25) is 10.0 Å². The van der Waals surface area contributed by atoms with Gasteiger partial charge in [-0.25, -0.2) is 0 Å². The molecule has 7 heteroatoms. The van der Waals surface area contributed by atoms with Crippen molar-refractivity contribution in [3.8, 4) is 5.75 Å². The van der Waals surface area contributed by atoms with Gasteiger partial charge in [0.05, 0.1) is 10.0 Å². The number of rotatable bonds is 8. The van der Waals surface area contributed by atoms with Crippen LogP contribution in [0.4, 0.5) is 0 Å². The Labute approximate surface area is 198 Å². The fourth-order valence-corrected chi connectivity index (χ4v) is 4.29. The Morgan fingerprint density at radius 2 is 1.81 bits per heavy atom. The molecule has 0 saturated carbocycles. The molecular weight excluding hydrogens is 449 g/mol. The summed E-state index contributed by atoms with van der Waals surface area (Å²) in [6, 6.07) is 13.9. The van der Waals surface area contributed by atoms with Gasteiger partial charge in [-0.1, -0.05) is 80.0 Å². The normalized spacial score (nSPS) is 12.6. The zero-order chi connectivity index (χ0) is 22.6. The summed E-state index contributed by atoms with van der Waals surface area (Å²) < 4.78 is 8.19. The van der Waals surface area contributed by atoms with Gasteiger partial charge in [0, 0.05) is 12.3 Å². The van der Waals surface area contributed by atoms with Crippen LogP contribution in [0.1, 0.15) is 50.8 Å². The van der Waals surface area contributed by atoms with Crippen molar-refractivity contribution >= 4 is 35.0 Å². The molecule has 164 valence electrons. The number of allylic oxidation sites excluding steroid dienone is 1. The molecule has 0 N–H and O–H groups in total. The summed E-state index contributed by atoms with van der Waals surface area (Å²) in [5.41, 5.74) is 2.44. The number of aromatic nitrogens is 3. The molecule has 0 fully saturated rings. The van der Waals surface area contributed by atoms with E-state index in [9.17, 15) is 0 Å². The van der Waals surface area contributed by atoms with E-state index in [1.54, 1.807) is 17.8 Å². The summed E-state index contributed by atoms with van der Waals surface area (Å²) >= 11 is 13.7. The maximum absolute atomic E-state index is 6.16. The lowest BCUT2D eigenvalue weighted by atomic mass is 9.87. The Bertz CT molecular complexity index is 1040. The molecule has 1 atom stereocenters. The maximum atomic E-state index is 6.16. The van der Waals surface area contributed by atoms with Gasteiger partial charge < -0.3 is 4.74 Å². The van der Waals surface area contributed by atoms with E-state index >= 15 is 0 Å². The third-order valence-corrected chi connectivity index (χ3v) is 6.58. The fourth-order valence-electron chi connectivity index (χ4n) is 3.08. The number of halogens is 2. The molecule has 0 aliphatic carbocycles. The lowest BCUT2D eigenvalue weighted by Crippen LogP contribution is -2.13. The minimum Gasteiger partial charge on any atom is -0.483 e. The van der Waals surface area contributed by atoms with Crippen LogP contribution in [0.25, 0.3) is 0 Å². The van der Waals surface area contributed by atoms with Crippen molar-refractivity contribution < 1.29 is 4.74 Å².